The van der Waals surface area contributed by atoms with Gasteiger partial charge in [-0.3, -0.25) is 0 Å². The van der Waals surface area contributed by atoms with Gasteiger partial charge in [0.2, 0.25) is 0 Å². The first kappa shape index (κ1) is 14.2. The van der Waals surface area contributed by atoms with Crippen molar-refractivity contribution in [3.05, 3.63) is 32.9 Å². The molecule has 100 valence electrons. The van der Waals surface area contributed by atoms with Crippen LogP contribution >= 0.6 is 34.8 Å². The Hall–Kier alpha value is -1.23. The second-order valence-corrected chi connectivity index (χ2v) is 4.77. The topological polar surface area (TPSA) is 48.4 Å². The minimum Gasteiger partial charge on any atom is -0.496 e. The van der Waals surface area contributed by atoms with Crippen molar-refractivity contribution in [1.82, 2.24) is 4.98 Å². The van der Waals surface area contributed by atoms with Crippen LogP contribution in [0.3, 0.4) is 0 Å². The van der Waals surface area contributed by atoms with Gasteiger partial charge < -0.3 is 9.47 Å². The van der Waals surface area contributed by atoms with E-state index in [1.165, 1.54) is 26.4 Å². The number of rotatable bonds is 2. The fourth-order valence-electron chi connectivity index (χ4n) is 1.64. The van der Waals surface area contributed by atoms with Gasteiger partial charge in [0.25, 0.3) is 0 Å². The monoisotopic (exact) mass is 319 g/mol. The summed E-state index contributed by atoms with van der Waals surface area (Å²) in [4.78, 5) is 15.7. The Morgan fingerprint density at radius 1 is 1.16 bits per heavy atom. The number of halogens is 3. The van der Waals surface area contributed by atoms with Crippen LogP contribution in [0.4, 0.5) is 0 Å². The lowest BCUT2D eigenvalue weighted by Gasteiger charge is -2.11. The predicted molar refractivity (Wildman–Crippen MR) is 74.7 cm³/mol. The highest BCUT2D eigenvalue weighted by Gasteiger charge is 2.18. The van der Waals surface area contributed by atoms with E-state index in [0.717, 1.165) is 0 Å². The Labute approximate surface area is 124 Å². The number of aromatic nitrogens is 1. The van der Waals surface area contributed by atoms with E-state index in [0.29, 0.717) is 16.7 Å². The quantitative estimate of drug-likeness (QED) is 0.620. The van der Waals surface area contributed by atoms with Gasteiger partial charge in [-0.25, -0.2) is 9.78 Å². The highest BCUT2D eigenvalue weighted by atomic mass is 35.5. The number of hydrogen-bond donors (Lipinski definition) is 0. The summed E-state index contributed by atoms with van der Waals surface area (Å²) in [5.41, 5.74) is 0.406. The highest BCUT2D eigenvalue weighted by molar-refractivity contribution is 6.48. The molecule has 0 atom stereocenters. The van der Waals surface area contributed by atoms with Gasteiger partial charge >= 0.3 is 5.97 Å². The van der Waals surface area contributed by atoms with Crippen molar-refractivity contribution < 1.29 is 14.3 Å². The summed E-state index contributed by atoms with van der Waals surface area (Å²) in [6.45, 7) is 0. The number of methoxy groups -OCH3 is 2. The molecule has 0 saturated carbocycles. The molecule has 2 rings (SSSR count). The first-order valence-corrected chi connectivity index (χ1v) is 6.23. The van der Waals surface area contributed by atoms with Gasteiger partial charge in [-0.15, -0.1) is 0 Å². The number of esters is 1. The SMILES string of the molecule is COC(=O)c1cc(OC)c2c(Cl)c(Cl)cc(Cl)c2n1. The molecule has 0 unspecified atom stereocenters. The van der Waals surface area contributed by atoms with Crippen LogP contribution in [0.5, 0.6) is 5.75 Å². The van der Waals surface area contributed by atoms with E-state index in [-0.39, 0.29) is 20.8 Å². The summed E-state index contributed by atoms with van der Waals surface area (Å²) >= 11 is 18.2. The molecule has 1 aromatic heterocycles. The van der Waals surface area contributed by atoms with E-state index in [9.17, 15) is 4.79 Å². The minimum atomic E-state index is -0.595. The molecule has 0 fully saturated rings. The molecular weight excluding hydrogens is 312 g/mol. The first-order valence-electron chi connectivity index (χ1n) is 5.10. The minimum absolute atomic E-state index is 0.0761. The largest absolute Gasteiger partial charge is 0.496 e. The number of nitrogens with zero attached hydrogens (tertiary/aromatic N) is 1. The zero-order chi connectivity index (χ0) is 14.2. The van der Waals surface area contributed by atoms with Gasteiger partial charge in [-0.05, 0) is 6.07 Å². The lowest BCUT2D eigenvalue weighted by atomic mass is 10.1. The molecule has 1 aromatic carbocycles. The Kier molecular flexibility index (Phi) is 4.04. The average molecular weight is 321 g/mol. The van der Waals surface area contributed by atoms with Crippen molar-refractivity contribution in [2.45, 2.75) is 0 Å². The number of pyridine rings is 1. The lowest BCUT2D eigenvalue weighted by Crippen LogP contribution is -2.05. The molecule has 0 radical (unpaired) electrons. The van der Waals surface area contributed by atoms with Crippen LogP contribution in [-0.2, 0) is 4.74 Å². The second-order valence-electron chi connectivity index (χ2n) is 3.58. The van der Waals surface area contributed by atoms with Gasteiger partial charge in [0.05, 0.1) is 40.2 Å². The van der Waals surface area contributed by atoms with E-state index < -0.39 is 5.97 Å². The Balaban J connectivity index is 2.88. The van der Waals surface area contributed by atoms with Crippen LogP contribution in [0.2, 0.25) is 15.1 Å². The summed E-state index contributed by atoms with van der Waals surface area (Å²) in [5.74, 6) is -0.248. The van der Waals surface area contributed by atoms with Crippen molar-refractivity contribution in [2.24, 2.45) is 0 Å². The average Bonchev–Trinajstić information content (AvgIpc) is 2.42. The number of hydrogen-bond acceptors (Lipinski definition) is 4. The number of fused-ring (bicyclic) bond motifs is 1. The number of ether oxygens (including phenoxy) is 2. The zero-order valence-electron chi connectivity index (χ0n) is 9.96. The molecule has 0 aliphatic carbocycles. The summed E-state index contributed by atoms with van der Waals surface area (Å²) in [7, 11) is 2.71. The lowest BCUT2D eigenvalue weighted by molar-refractivity contribution is 0.0594. The van der Waals surface area contributed by atoms with Crippen LogP contribution < -0.4 is 4.74 Å². The fourth-order valence-corrected chi connectivity index (χ4v) is 2.38. The van der Waals surface area contributed by atoms with Crippen molar-refractivity contribution in [3.63, 3.8) is 0 Å². The van der Waals surface area contributed by atoms with E-state index >= 15 is 0 Å². The van der Waals surface area contributed by atoms with Gasteiger partial charge in [0, 0.05) is 6.07 Å². The van der Waals surface area contributed by atoms with Crippen LogP contribution in [-0.4, -0.2) is 25.2 Å². The van der Waals surface area contributed by atoms with Crippen LogP contribution in [0.15, 0.2) is 12.1 Å². The van der Waals surface area contributed by atoms with Gasteiger partial charge in [-0.2, -0.15) is 0 Å². The van der Waals surface area contributed by atoms with E-state index in [1.807, 2.05) is 0 Å². The molecule has 0 saturated heterocycles. The molecule has 0 bridgehead atoms. The molecular formula is C12H8Cl3NO3. The zero-order valence-corrected chi connectivity index (χ0v) is 12.2. The third-order valence-corrected chi connectivity index (χ3v) is 3.58. The van der Waals surface area contributed by atoms with E-state index in [2.05, 4.69) is 9.72 Å². The van der Waals surface area contributed by atoms with Gasteiger partial charge in [0.15, 0.2) is 5.69 Å². The standard InChI is InChI=1S/C12H8Cl3NO3/c1-18-8-4-7(12(17)19-2)16-11-6(14)3-5(13)10(15)9(8)11/h3-4H,1-2H3. The number of carbonyl (C=O) groups is 1. The maximum atomic E-state index is 11.5. The van der Waals surface area contributed by atoms with Crippen molar-refractivity contribution in [3.8, 4) is 5.75 Å². The van der Waals surface area contributed by atoms with E-state index in [1.54, 1.807) is 0 Å². The summed E-state index contributed by atoms with van der Waals surface area (Å²) in [6, 6.07) is 2.88. The Bertz CT molecular complexity index is 673. The third kappa shape index (κ3) is 2.43. The molecule has 0 aliphatic heterocycles. The third-order valence-electron chi connectivity index (χ3n) is 2.51. The maximum Gasteiger partial charge on any atom is 0.356 e. The molecule has 0 N–H and O–H groups in total. The fraction of sp³-hybridized carbons (Fsp3) is 0.167. The van der Waals surface area contributed by atoms with Gasteiger partial charge in [-0.1, -0.05) is 34.8 Å². The van der Waals surface area contributed by atoms with Gasteiger partial charge in [0.1, 0.15) is 5.75 Å². The molecule has 0 amide bonds. The molecule has 2 aromatic rings. The number of carbonyl (C=O) groups excluding carboxylic acids is 1. The normalized spacial score (nSPS) is 10.6. The molecule has 0 spiro atoms. The van der Waals surface area contributed by atoms with Crippen LogP contribution in [0.1, 0.15) is 10.5 Å². The molecule has 0 aliphatic rings. The Morgan fingerprint density at radius 2 is 1.84 bits per heavy atom. The first-order chi connectivity index (χ1) is 8.99. The molecule has 4 nitrogen and oxygen atoms in total. The van der Waals surface area contributed by atoms with Crippen LogP contribution in [0, 0.1) is 0 Å². The Morgan fingerprint density at radius 3 is 2.42 bits per heavy atom. The summed E-state index contributed by atoms with van der Waals surface area (Å²) < 4.78 is 9.82. The van der Waals surface area contributed by atoms with Crippen molar-refractivity contribution >= 4 is 51.7 Å². The van der Waals surface area contributed by atoms with Crippen molar-refractivity contribution in [1.29, 1.82) is 0 Å². The molecule has 19 heavy (non-hydrogen) atoms. The smallest absolute Gasteiger partial charge is 0.356 e. The number of benzene rings is 1. The summed E-state index contributed by atoms with van der Waals surface area (Å²) in [6.07, 6.45) is 0. The molecule has 7 heteroatoms. The summed E-state index contributed by atoms with van der Waals surface area (Å²) in [5, 5.41) is 1.27. The van der Waals surface area contributed by atoms with Crippen molar-refractivity contribution in [2.75, 3.05) is 14.2 Å². The predicted octanol–water partition coefficient (Wildman–Crippen LogP) is 3.99. The van der Waals surface area contributed by atoms with E-state index in [4.69, 9.17) is 39.5 Å². The highest BCUT2D eigenvalue weighted by Crippen LogP contribution is 2.40. The molecule has 1 heterocycles. The van der Waals surface area contributed by atoms with Crippen LogP contribution in [0.25, 0.3) is 10.9 Å². The second kappa shape index (κ2) is 5.41. The maximum absolute atomic E-state index is 11.5.